The summed E-state index contributed by atoms with van der Waals surface area (Å²) in [6.07, 6.45) is 5.92. The van der Waals surface area contributed by atoms with Crippen molar-refractivity contribution in [1.29, 1.82) is 0 Å². The average molecular weight is 363 g/mol. The van der Waals surface area contributed by atoms with Crippen LogP contribution in [0.25, 0.3) is 0 Å². The normalized spacial score (nSPS) is 20.6. The van der Waals surface area contributed by atoms with Gasteiger partial charge in [-0.05, 0) is 54.3 Å². The van der Waals surface area contributed by atoms with Crippen molar-refractivity contribution < 1.29 is 4.79 Å². The molecule has 17 heavy (non-hydrogen) atoms. The van der Waals surface area contributed by atoms with Crippen LogP contribution in [-0.4, -0.2) is 23.4 Å². The summed E-state index contributed by atoms with van der Waals surface area (Å²) < 4.78 is 1.19. The van der Waals surface area contributed by atoms with Gasteiger partial charge in [0.05, 0.1) is 8.45 Å². The molecule has 94 valence electrons. The van der Waals surface area contributed by atoms with E-state index in [1.54, 1.807) is 11.3 Å². The molecule has 2 nitrogen and oxygen atoms in total. The van der Waals surface area contributed by atoms with Gasteiger partial charge in [0.15, 0.2) is 0 Å². The summed E-state index contributed by atoms with van der Waals surface area (Å²) in [6, 6.07) is 2.48. The number of halogens is 1. The van der Waals surface area contributed by atoms with Crippen molar-refractivity contribution in [2.45, 2.75) is 45.1 Å². The van der Waals surface area contributed by atoms with Crippen molar-refractivity contribution in [1.82, 2.24) is 4.90 Å². The highest BCUT2D eigenvalue weighted by molar-refractivity contribution is 14.1. The van der Waals surface area contributed by atoms with E-state index in [1.165, 1.54) is 15.7 Å². The molecule has 1 amide bonds. The number of carbonyl (C=O) groups is 1. The smallest absolute Gasteiger partial charge is 0.254 e. The molecular formula is C13H18INOS. The average Bonchev–Trinajstić information content (AvgIpc) is 2.76. The number of thiophene rings is 1. The second-order valence-electron chi connectivity index (χ2n) is 4.58. The van der Waals surface area contributed by atoms with Crippen molar-refractivity contribution in [3.05, 3.63) is 19.9 Å². The minimum Gasteiger partial charge on any atom is -0.336 e. The lowest BCUT2D eigenvalue weighted by Gasteiger charge is -2.35. The van der Waals surface area contributed by atoms with E-state index < -0.39 is 0 Å². The van der Waals surface area contributed by atoms with E-state index in [0.29, 0.717) is 6.04 Å². The minimum absolute atomic E-state index is 0.238. The van der Waals surface area contributed by atoms with Gasteiger partial charge in [0, 0.05) is 18.0 Å². The molecule has 1 aromatic heterocycles. The van der Waals surface area contributed by atoms with Crippen LogP contribution in [0.3, 0.4) is 0 Å². The first-order valence-electron chi connectivity index (χ1n) is 6.27. The van der Waals surface area contributed by atoms with Crippen LogP contribution in [0.15, 0.2) is 11.4 Å². The van der Waals surface area contributed by atoms with Crippen molar-refractivity contribution in [3.63, 3.8) is 0 Å². The number of hydrogen-bond acceptors (Lipinski definition) is 2. The fourth-order valence-corrected chi connectivity index (χ4v) is 3.81. The quantitative estimate of drug-likeness (QED) is 0.739. The Morgan fingerprint density at radius 2 is 2.41 bits per heavy atom. The molecule has 1 fully saturated rings. The molecule has 2 heterocycles. The lowest BCUT2D eigenvalue weighted by atomic mass is 9.97. The zero-order valence-corrected chi connectivity index (χ0v) is 13.1. The van der Waals surface area contributed by atoms with E-state index in [1.807, 2.05) is 11.4 Å². The Morgan fingerprint density at radius 1 is 1.59 bits per heavy atom. The molecule has 0 bridgehead atoms. The highest BCUT2D eigenvalue weighted by Gasteiger charge is 2.27. The van der Waals surface area contributed by atoms with Gasteiger partial charge in [-0.1, -0.05) is 13.3 Å². The van der Waals surface area contributed by atoms with Crippen LogP contribution in [0, 0.1) is 2.88 Å². The molecular weight excluding hydrogens is 345 g/mol. The van der Waals surface area contributed by atoms with Crippen LogP contribution >= 0.6 is 33.9 Å². The Kier molecular flexibility index (Phi) is 4.85. The van der Waals surface area contributed by atoms with Crippen LogP contribution in [0.2, 0.25) is 0 Å². The highest BCUT2D eigenvalue weighted by Crippen LogP contribution is 2.25. The summed E-state index contributed by atoms with van der Waals surface area (Å²) in [5.41, 5.74) is 0.877. The summed E-state index contributed by atoms with van der Waals surface area (Å²) in [5, 5.41) is 1.99. The molecule has 0 spiro atoms. The van der Waals surface area contributed by atoms with Crippen LogP contribution < -0.4 is 0 Å². The van der Waals surface area contributed by atoms with Gasteiger partial charge in [0.1, 0.15) is 0 Å². The third-order valence-corrected chi connectivity index (χ3v) is 5.11. The van der Waals surface area contributed by atoms with Crippen LogP contribution in [0.1, 0.15) is 49.4 Å². The molecule has 0 N–H and O–H groups in total. The van der Waals surface area contributed by atoms with Gasteiger partial charge < -0.3 is 4.90 Å². The maximum Gasteiger partial charge on any atom is 0.254 e. The summed E-state index contributed by atoms with van der Waals surface area (Å²) in [4.78, 5) is 14.5. The lowest BCUT2D eigenvalue weighted by Crippen LogP contribution is -2.43. The number of likely N-dealkylation sites (tertiary alicyclic amines) is 1. The first kappa shape index (κ1) is 13.3. The highest BCUT2D eigenvalue weighted by atomic mass is 127. The summed E-state index contributed by atoms with van der Waals surface area (Å²) in [7, 11) is 0. The number of hydrogen-bond donors (Lipinski definition) is 0. The molecule has 1 saturated heterocycles. The van der Waals surface area contributed by atoms with Gasteiger partial charge in [0.25, 0.3) is 5.91 Å². The first-order chi connectivity index (χ1) is 8.22. The molecule has 1 unspecified atom stereocenters. The zero-order chi connectivity index (χ0) is 12.3. The van der Waals surface area contributed by atoms with Gasteiger partial charge in [-0.2, -0.15) is 0 Å². The largest absolute Gasteiger partial charge is 0.336 e. The number of carbonyl (C=O) groups excluding carboxylic acids is 1. The summed E-state index contributed by atoms with van der Waals surface area (Å²) >= 11 is 3.93. The molecule has 4 heteroatoms. The monoisotopic (exact) mass is 363 g/mol. The fourth-order valence-electron chi connectivity index (χ4n) is 2.49. The van der Waals surface area contributed by atoms with Gasteiger partial charge >= 0.3 is 0 Å². The minimum atomic E-state index is 0.238. The predicted molar refractivity (Wildman–Crippen MR) is 80.6 cm³/mol. The molecule has 1 aromatic rings. The van der Waals surface area contributed by atoms with E-state index in [0.717, 1.165) is 31.4 Å². The van der Waals surface area contributed by atoms with Crippen LogP contribution in [0.5, 0.6) is 0 Å². The zero-order valence-electron chi connectivity index (χ0n) is 10.1. The maximum absolute atomic E-state index is 12.4. The topological polar surface area (TPSA) is 20.3 Å². The molecule has 0 aromatic carbocycles. The van der Waals surface area contributed by atoms with Crippen molar-refractivity contribution in [3.8, 4) is 0 Å². The summed E-state index contributed by atoms with van der Waals surface area (Å²) in [5.74, 6) is 0.238. The Morgan fingerprint density at radius 3 is 3.06 bits per heavy atom. The first-order valence-corrected chi connectivity index (χ1v) is 8.23. The van der Waals surface area contributed by atoms with Gasteiger partial charge in [0.2, 0.25) is 0 Å². The number of rotatable bonds is 3. The molecule has 1 atom stereocenters. The van der Waals surface area contributed by atoms with Gasteiger partial charge in [-0.15, -0.1) is 11.3 Å². The number of nitrogens with zero attached hydrogens (tertiary/aromatic N) is 1. The Bertz CT molecular complexity index is 389. The van der Waals surface area contributed by atoms with Crippen molar-refractivity contribution in [2.75, 3.05) is 6.54 Å². The number of amides is 1. The second kappa shape index (κ2) is 6.18. The van der Waals surface area contributed by atoms with Crippen LogP contribution in [0.4, 0.5) is 0 Å². The van der Waals surface area contributed by atoms with E-state index in [4.69, 9.17) is 0 Å². The van der Waals surface area contributed by atoms with E-state index in [-0.39, 0.29) is 5.91 Å². The SMILES string of the molecule is CCCC1CCCCN1C(=O)c1csc(I)c1. The Balaban J connectivity index is 2.10. The van der Waals surface area contributed by atoms with Crippen molar-refractivity contribution >= 4 is 39.8 Å². The van der Waals surface area contributed by atoms with E-state index in [9.17, 15) is 4.79 Å². The fraction of sp³-hybridized carbons (Fsp3) is 0.615. The second-order valence-corrected chi connectivity index (χ2v) is 7.38. The summed E-state index contributed by atoms with van der Waals surface area (Å²) in [6.45, 7) is 3.14. The molecule has 0 saturated carbocycles. The number of piperidine rings is 1. The van der Waals surface area contributed by atoms with Crippen molar-refractivity contribution in [2.24, 2.45) is 0 Å². The standard InChI is InChI=1S/C13H18INOS/c1-2-5-11-6-3-4-7-15(11)13(16)10-8-12(14)17-9-10/h8-9,11H,2-7H2,1H3. The van der Waals surface area contributed by atoms with E-state index in [2.05, 4.69) is 34.4 Å². The third-order valence-electron chi connectivity index (χ3n) is 3.32. The molecule has 1 aliphatic rings. The Hall–Kier alpha value is -0.100. The molecule has 0 aliphatic carbocycles. The molecule has 1 aliphatic heterocycles. The molecule has 2 rings (SSSR count). The van der Waals surface area contributed by atoms with Crippen LogP contribution in [-0.2, 0) is 0 Å². The third kappa shape index (κ3) is 3.22. The lowest BCUT2D eigenvalue weighted by molar-refractivity contribution is 0.0601. The Labute approximate surface area is 121 Å². The van der Waals surface area contributed by atoms with Gasteiger partial charge in [-0.25, -0.2) is 0 Å². The molecule has 0 radical (unpaired) electrons. The van der Waals surface area contributed by atoms with Gasteiger partial charge in [-0.3, -0.25) is 4.79 Å². The maximum atomic E-state index is 12.4. The van der Waals surface area contributed by atoms with E-state index >= 15 is 0 Å². The predicted octanol–water partition coefficient (Wildman–Crippen LogP) is 4.15.